The first kappa shape index (κ1) is 10.7. The normalized spacial score (nSPS) is 34.1. The van der Waals surface area contributed by atoms with Crippen molar-refractivity contribution < 1.29 is 14.4 Å². The lowest BCUT2D eigenvalue weighted by molar-refractivity contribution is -0.141. The van der Waals surface area contributed by atoms with E-state index in [0.717, 1.165) is 37.3 Å². The molecular formula is C11H15N3O3. The topological polar surface area (TPSA) is 69.7 Å². The molecule has 0 saturated carbocycles. The number of amides is 4. The van der Waals surface area contributed by atoms with Crippen LogP contribution in [0.1, 0.15) is 25.7 Å². The largest absolute Gasteiger partial charge is 0.331 e. The summed E-state index contributed by atoms with van der Waals surface area (Å²) in [5.41, 5.74) is 0. The van der Waals surface area contributed by atoms with Crippen molar-refractivity contribution in [3.63, 3.8) is 0 Å². The molecule has 92 valence electrons. The maximum Gasteiger partial charge on any atom is 0.331 e. The number of imide groups is 2. The van der Waals surface area contributed by atoms with E-state index >= 15 is 0 Å². The second-order valence-corrected chi connectivity index (χ2v) is 4.94. The van der Waals surface area contributed by atoms with Crippen molar-refractivity contribution in [1.82, 2.24) is 15.1 Å². The van der Waals surface area contributed by atoms with E-state index in [0.29, 0.717) is 6.04 Å². The van der Waals surface area contributed by atoms with Gasteiger partial charge in [-0.15, -0.1) is 0 Å². The average Bonchev–Trinajstić information content (AvgIpc) is 2.84. The average molecular weight is 237 g/mol. The highest BCUT2D eigenvalue weighted by molar-refractivity contribution is 6.44. The van der Waals surface area contributed by atoms with E-state index in [9.17, 15) is 14.4 Å². The molecule has 3 saturated heterocycles. The van der Waals surface area contributed by atoms with Gasteiger partial charge >= 0.3 is 17.8 Å². The van der Waals surface area contributed by atoms with Crippen molar-refractivity contribution >= 4 is 17.8 Å². The van der Waals surface area contributed by atoms with Crippen molar-refractivity contribution in [2.45, 2.75) is 37.8 Å². The number of nitrogens with one attached hydrogen (secondary N) is 1. The van der Waals surface area contributed by atoms with Gasteiger partial charge in [-0.3, -0.25) is 19.8 Å². The number of rotatable bonds is 1. The zero-order valence-electron chi connectivity index (χ0n) is 9.52. The first-order valence-electron chi connectivity index (χ1n) is 6.09. The van der Waals surface area contributed by atoms with Crippen molar-refractivity contribution in [2.75, 3.05) is 13.1 Å². The first-order chi connectivity index (χ1) is 8.16. The van der Waals surface area contributed by atoms with Crippen LogP contribution in [-0.4, -0.2) is 52.8 Å². The standard InChI is InChI=1S/C11H15N3O3/c15-9-10(16)14(11(17)12-9)8-3-5-13-4-1-2-7(13)6-8/h7-8H,1-6H2,(H,12,15,17). The van der Waals surface area contributed by atoms with E-state index in [1.165, 1.54) is 6.42 Å². The van der Waals surface area contributed by atoms with Gasteiger partial charge in [0.05, 0.1) is 0 Å². The van der Waals surface area contributed by atoms with Gasteiger partial charge in [-0.1, -0.05) is 0 Å². The summed E-state index contributed by atoms with van der Waals surface area (Å²) in [6.45, 7) is 2.04. The van der Waals surface area contributed by atoms with Crippen LogP contribution in [0.5, 0.6) is 0 Å². The Kier molecular flexibility index (Phi) is 2.39. The molecule has 3 fully saturated rings. The zero-order chi connectivity index (χ0) is 12.0. The number of piperidine rings is 1. The summed E-state index contributed by atoms with van der Waals surface area (Å²) in [4.78, 5) is 37.8. The lowest BCUT2D eigenvalue weighted by atomic mass is 9.96. The van der Waals surface area contributed by atoms with Crippen molar-refractivity contribution in [3.05, 3.63) is 0 Å². The highest BCUT2D eigenvalue weighted by Gasteiger charge is 2.44. The highest BCUT2D eigenvalue weighted by atomic mass is 16.2. The number of urea groups is 1. The van der Waals surface area contributed by atoms with Gasteiger partial charge < -0.3 is 4.90 Å². The predicted octanol–water partition coefficient (Wildman–Crippen LogP) is -0.308. The summed E-state index contributed by atoms with van der Waals surface area (Å²) in [6, 6.07) is -0.171. The van der Waals surface area contributed by atoms with E-state index in [1.54, 1.807) is 0 Å². The molecule has 0 radical (unpaired) electrons. The van der Waals surface area contributed by atoms with Gasteiger partial charge in [-0.25, -0.2) is 4.79 Å². The molecule has 6 heteroatoms. The lowest BCUT2D eigenvalue weighted by Gasteiger charge is -2.37. The van der Waals surface area contributed by atoms with Gasteiger partial charge in [-0.2, -0.15) is 0 Å². The summed E-state index contributed by atoms with van der Waals surface area (Å²) in [7, 11) is 0. The van der Waals surface area contributed by atoms with Crippen LogP contribution in [0.25, 0.3) is 0 Å². The molecule has 2 atom stereocenters. The minimum absolute atomic E-state index is 0.103. The second kappa shape index (κ2) is 3.80. The summed E-state index contributed by atoms with van der Waals surface area (Å²) in [5.74, 6) is -1.48. The van der Waals surface area contributed by atoms with Crippen LogP contribution in [-0.2, 0) is 9.59 Å². The third kappa shape index (κ3) is 1.63. The van der Waals surface area contributed by atoms with Gasteiger partial charge in [0.1, 0.15) is 0 Å². The molecule has 0 aromatic heterocycles. The molecule has 0 aromatic carbocycles. The van der Waals surface area contributed by atoms with Crippen molar-refractivity contribution in [1.29, 1.82) is 0 Å². The van der Waals surface area contributed by atoms with Crippen molar-refractivity contribution in [3.8, 4) is 0 Å². The monoisotopic (exact) mass is 237 g/mol. The van der Waals surface area contributed by atoms with E-state index in [4.69, 9.17) is 0 Å². The summed E-state index contributed by atoms with van der Waals surface area (Å²) < 4.78 is 0. The minimum atomic E-state index is -0.788. The van der Waals surface area contributed by atoms with Gasteiger partial charge in [0.2, 0.25) is 0 Å². The lowest BCUT2D eigenvalue weighted by Crippen LogP contribution is -2.49. The quantitative estimate of drug-likeness (QED) is 0.502. The van der Waals surface area contributed by atoms with Crippen molar-refractivity contribution in [2.24, 2.45) is 0 Å². The Hall–Kier alpha value is -1.43. The van der Waals surface area contributed by atoms with Crippen LogP contribution in [0.3, 0.4) is 0 Å². The van der Waals surface area contributed by atoms with Gasteiger partial charge in [0.15, 0.2) is 0 Å². The molecule has 1 N–H and O–H groups in total. The Bertz CT molecular complexity index is 395. The van der Waals surface area contributed by atoms with Crippen LogP contribution in [0.2, 0.25) is 0 Å². The second-order valence-electron chi connectivity index (χ2n) is 4.94. The number of hydrogen-bond acceptors (Lipinski definition) is 4. The van der Waals surface area contributed by atoms with Crippen LogP contribution < -0.4 is 5.32 Å². The summed E-state index contributed by atoms with van der Waals surface area (Å²) in [6.07, 6.45) is 3.92. The molecule has 3 aliphatic rings. The Morgan fingerprint density at radius 1 is 1.06 bits per heavy atom. The minimum Gasteiger partial charge on any atom is -0.300 e. The fourth-order valence-corrected chi connectivity index (χ4v) is 3.18. The van der Waals surface area contributed by atoms with Crippen LogP contribution >= 0.6 is 0 Å². The first-order valence-corrected chi connectivity index (χ1v) is 6.09. The summed E-state index contributed by atoms with van der Waals surface area (Å²) >= 11 is 0. The number of hydrogen-bond donors (Lipinski definition) is 1. The fourth-order valence-electron chi connectivity index (χ4n) is 3.18. The molecule has 3 rings (SSSR count). The third-order valence-corrected chi connectivity index (χ3v) is 4.01. The maximum absolute atomic E-state index is 11.6. The molecule has 0 aliphatic carbocycles. The number of carbonyl (C=O) groups is 3. The van der Waals surface area contributed by atoms with E-state index in [1.807, 2.05) is 0 Å². The molecule has 4 amide bonds. The molecular weight excluding hydrogens is 222 g/mol. The molecule has 3 aliphatic heterocycles. The molecule has 3 heterocycles. The van der Waals surface area contributed by atoms with Gasteiger partial charge in [-0.05, 0) is 32.2 Å². The number of nitrogens with zero attached hydrogens (tertiary/aromatic N) is 2. The number of carbonyl (C=O) groups excluding carboxylic acids is 3. The van der Waals surface area contributed by atoms with E-state index < -0.39 is 17.8 Å². The molecule has 6 nitrogen and oxygen atoms in total. The summed E-state index contributed by atoms with van der Waals surface area (Å²) in [5, 5.41) is 2.06. The SMILES string of the molecule is O=C1NC(=O)N(C2CCN3CCCC3C2)C1=O. The maximum atomic E-state index is 11.6. The van der Waals surface area contributed by atoms with Crippen LogP contribution in [0, 0.1) is 0 Å². The Balaban J connectivity index is 1.75. The van der Waals surface area contributed by atoms with E-state index in [2.05, 4.69) is 10.2 Å². The van der Waals surface area contributed by atoms with Crippen LogP contribution in [0.15, 0.2) is 0 Å². The van der Waals surface area contributed by atoms with Gasteiger partial charge in [0, 0.05) is 18.6 Å². The molecule has 0 spiro atoms. The Labute approximate surface area is 98.9 Å². The molecule has 2 unspecified atom stereocenters. The van der Waals surface area contributed by atoms with Crippen LogP contribution in [0.4, 0.5) is 4.79 Å². The molecule has 0 aromatic rings. The smallest absolute Gasteiger partial charge is 0.300 e. The number of fused-ring (bicyclic) bond motifs is 1. The zero-order valence-corrected chi connectivity index (χ0v) is 9.52. The molecule has 17 heavy (non-hydrogen) atoms. The molecule has 0 bridgehead atoms. The highest BCUT2D eigenvalue weighted by Crippen LogP contribution is 2.30. The fraction of sp³-hybridized carbons (Fsp3) is 0.727. The third-order valence-electron chi connectivity index (χ3n) is 4.01. The van der Waals surface area contributed by atoms with Gasteiger partial charge in [0.25, 0.3) is 0 Å². The Morgan fingerprint density at radius 2 is 1.88 bits per heavy atom. The predicted molar refractivity (Wildman–Crippen MR) is 58.0 cm³/mol. The van der Waals surface area contributed by atoms with E-state index in [-0.39, 0.29) is 6.04 Å². The Morgan fingerprint density at radius 3 is 2.59 bits per heavy atom.